The predicted octanol–water partition coefficient (Wildman–Crippen LogP) is 3.01. The van der Waals surface area contributed by atoms with Gasteiger partial charge in [0.05, 0.1) is 12.2 Å². The summed E-state index contributed by atoms with van der Waals surface area (Å²) in [5, 5.41) is 3.51. The summed E-state index contributed by atoms with van der Waals surface area (Å²) >= 11 is 0. The first-order valence-electron chi connectivity index (χ1n) is 7.57. The highest BCUT2D eigenvalue weighted by atomic mass is 16.2. The minimum absolute atomic E-state index is 0.0407. The largest absolute Gasteiger partial charge is 0.326 e. The monoisotopic (exact) mass is 254 g/mol. The molecule has 0 bridgehead atoms. The molecule has 1 fully saturated rings. The molecular formula is C15H30N2O. The first-order chi connectivity index (χ1) is 8.51. The number of hydrogen-bond donors (Lipinski definition) is 1. The van der Waals surface area contributed by atoms with Crippen LogP contribution in [-0.2, 0) is 4.79 Å². The Morgan fingerprint density at radius 3 is 2.44 bits per heavy atom. The number of rotatable bonds is 7. The lowest BCUT2D eigenvalue weighted by Crippen LogP contribution is -2.37. The van der Waals surface area contributed by atoms with Crippen LogP contribution in [0, 0.1) is 11.8 Å². The van der Waals surface area contributed by atoms with Crippen molar-refractivity contribution < 1.29 is 4.79 Å². The smallest absolute Gasteiger partial charge is 0.241 e. The zero-order valence-corrected chi connectivity index (χ0v) is 12.7. The number of amides is 1. The molecule has 0 aromatic rings. The lowest BCUT2D eigenvalue weighted by Gasteiger charge is -2.23. The molecule has 3 nitrogen and oxygen atoms in total. The first-order valence-corrected chi connectivity index (χ1v) is 7.57. The summed E-state index contributed by atoms with van der Waals surface area (Å²) < 4.78 is 0. The topological polar surface area (TPSA) is 32.3 Å². The molecule has 0 aliphatic carbocycles. The number of carbonyl (C=O) groups excluding carboxylic acids is 1. The zero-order chi connectivity index (χ0) is 13.7. The van der Waals surface area contributed by atoms with E-state index in [0.717, 1.165) is 31.7 Å². The van der Waals surface area contributed by atoms with E-state index < -0.39 is 0 Å². The Balaban J connectivity index is 2.56. The van der Waals surface area contributed by atoms with Crippen molar-refractivity contribution in [3.63, 3.8) is 0 Å². The Kier molecular flexibility index (Phi) is 6.13. The highest BCUT2D eigenvalue weighted by Gasteiger charge is 2.39. The van der Waals surface area contributed by atoms with Gasteiger partial charge in [-0.25, -0.2) is 0 Å². The standard InChI is InChI=1S/C15H30N2O/c1-6-12(5)14-15(18)17(13(7-2)16-14)10-8-9-11(3)4/h11-14,16H,6-10H2,1-5H3. The summed E-state index contributed by atoms with van der Waals surface area (Å²) in [4.78, 5) is 14.5. The van der Waals surface area contributed by atoms with Crippen LogP contribution < -0.4 is 5.32 Å². The van der Waals surface area contributed by atoms with E-state index in [9.17, 15) is 4.79 Å². The van der Waals surface area contributed by atoms with Crippen molar-refractivity contribution in [1.29, 1.82) is 0 Å². The SMILES string of the molecule is CCC(C)C1NC(CC)N(CCCC(C)C)C1=O. The summed E-state index contributed by atoms with van der Waals surface area (Å²) in [6.07, 6.45) is 4.63. The number of nitrogens with zero attached hydrogens (tertiary/aromatic N) is 1. The third-order valence-corrected chi connectivity index (χ3v) is 4.08. The molecular weight excluding hydrogens is 224 g/mol. The van der Waals surface area contributed by atoms with Gasteiger partial charge in [-0.1, -0.05) is 41.0 Å². The van der Waals surface area contributed by atoms with Gasteiger partial charge in [-0.05, 0) is 31.1 Å². The molecule has 1 heterocycles. The van der Waals surface area contributed by atoms with E-state index in [1.54, 1.807) is 0 Å². The van der Waals surface area contributed by atoms with Crippen LogP contribution in [0.3, 0.4) is 0 Å². The molecule has 1 aliphatic rings. The van der Waals surface area contributed by atoms with Crippen molar-refractivity contribution in [3.05, 3.63) is 0 Å². The van der Waals surface area contributed by atoms with E-state index in [0.29, 0.717) is 11.8 Å². The van der Waals surface area contributed by atoms with E-state index in [4.69, 9.17) is 0 Å². The zero-order valence-electron chi connectivity index (χ0n) is 12.7. The van der Waals surface area contributed by atoms with E-state index >= 15 is 0 Å². The molecule has 3 atom stereocenters. The van der Waals surface area contributed by atoms with E-state index in [1.807, 2.05) is 0 Å². The van der Waals surface area contributed by atoms with Gasteiger partial charge in [0.25, 0.3) is 0 Å². The Morgan fingerprint density at radius 1 is 1.28 bits per heavy atom. The molecule has 3 unspecified atom stereocenters. The fourth-order valence-corrected chi connectivity index (χ4v) is 2.62. The van der Waals surface area contributed by atoms with Crippen LogP contribution >= 0.6 is 0 Å². The lowest BCUT2D eigenvalue weighted by atomic mass is 9.99. The summed E-state index contributed by atoms with van der Waals surface area (Å²) in [5.74, 6) is 1.47. The Bertz CT molecular complexity index is 265. The van der Waals surface area contributed by atoms with Gasteiger partial charge in [-0.15, -0.1) is 0 Å². The van der Waals surface area contributed by atoms with Crippen LogP contribution in [0.15, 0.2) is 0 Å². The second kappa shape index (κ2) is 7.13. The van der Waals surface area contributed by atoms with Crippen LogP contribution in [0.4, 0.5) is 0 Å². The van der Waals surface area contributed by atoms with Crippen molar-refractivity contribution in [3.8, 4) is 0 Å². The fraction of sp³-hybridized carbons (Fsp3) is 0.933. The third-order valence-electron chi connectivity index (χ3n) is 4.08. The maximum atomic E-state index is 12.4. The van der Waals surface area contributed by atoms with Gasteiger partial charge in [0.2, 0.25) is 5.91 Å². The maximum absolute atomic E-state index is 12.4. The molecule has 1 amide bonds. The molecule has 18 heavy (non-hydrogen) atoms. The van der Waals surface area contributed by atoms with Gasteiger partial charge in [0.15, 0.2) is 0 Å². The Hall–Kier alpha value is -0.570. The summed E-state index contributed by atoms with van der Waals surface area (Å²) in [6.45, 7) is 11.9. The highest BCUT2D eigenvalue weighted by molar-refractivity contribution is 5.84. The van der Waals surface area contributed by atoms with E-state index in [2.05, 4.69) is 44.8 Å². The molecule has 106 valence electrons. The number of nitrogens with one attached hydrogen (secondary N) is 1. The second-order valence-electron chi connectivity index (χ2n) is 6.02. The Morgan fingerprint density at radius 2 is 1.94 bits per heavy atom. The normalized spacial score (nSPS) is 26.1. The molecule has 0 spiro atoms. The average molecular weight is 254 g/mol. The molecule has 1 aliphatic heterocycles. The van der Waals surface area contributed by atoms with Crippen molar-refractivity contribution in [2.75, 3.05) is 6.54 Å². The number of carbonyl (C=O) groups is 1. The average Bonchev–Trinajstić information content (AvgIpc) is 2.65. The quantitative estimate of drug-likeness (QED) is 0.757. The summed E-state index contributed by atoms with van der Waals surface area (Å²) in [7, 11) is 0. The van der Waals surface area contributed by atoms with Crippen LogP contribution in [0.2, 0.25) is 0 Å². The number of hydrogen-bond acceptors (Lipinski definition) is 2. The third kappa shape index (κ3) is 3.71. The summed E-state index contributed by atoms with van der Waals surface area (Å²) in [6, 6.07) is 0.0407. The van der Waals surface area contributed by atoms with Gasteiger partial charge < -0.3 is 4.90 Å². The van der Waals surface area contributed by atoms with Crippen molar-refractivity contribution >= 4 is 5.91 Å². The maximum Gasteiger partial charge on any atom is 0.241 e. The summed E-state index contributed by atoms with van der Waals surface area (Å²) in [5.41, 5.74) is 0. The van der Waals surface area contributed by atoms with Gasteiger partial charge in [0.1, 0.15) is 0 Å². The fourth-order valence-electron chi connectivity index (χ4n) is 2.62. The molecule has 1 saturated heterocycles. The van der Waals surface area contributed by atoms with Crippen molar-refractivity contribution in [2.45, 2.75) is 72.5 Å². The molecule has 0 aromatic carbocycles. The molecule has 0 radical (unpaired) electrons. The highest BCUT2D eigenvalue weighted by Crippen LogP contribution is 2.21. The predicted molar refractivity (Wildman–Crippen MR) is 76.2 cm³/mol. The minimum Gasteiger partial charge on any atom is -0.326 e. The van der Waals surface area contributed by atoms with Crippen molar-refractivity contribution in [1.82, 2.24) is 10.2 Å². The van der Waals surface area contributed by atoms with Gasteiger partial charge in [-0.2, -0.15) is 0 Å². The molecule has 0 saturated carbocycles. The van der Waals surface area contributed by atoms with Crippen LogP contribution in [0.25, 0.3) is 0 Å². The molecule has 1 N–H and O–H groups in total. The van der Waals surface area contributed by atoms with Crippen molar-refractivity contribution in [2.24, 2.45) is 11.8 Å². The Labute approximate surface area is 112 Å². The van der Waals surface area contributed by atoms with Gasteiger partial charge >= 0.3 is 0 Å². The second-order valence-corrected chi connectivity index (χ2v) is 6.02. The van der Waals surface area contributed by atoms with Gasteiger partial charge in [0, 0.05) is 6.54 Å². The molecule has 0 aromatic heterocycles. The minimum atomic E-state index is 0.0407. The van der Waals surface area contributed by atoms with Crippen LogP contribution in [0.1, 0.15) is 60.3 Å². The van der Waals surface area contributed by atoms with E-state index in [-0.39, 0.29) is 12.2 Å². The first kappa shape index (κ1) is 15.5. The molecule has 1 rings (SSSR count). The van der Waals surface area contributed by atoms with Gasteiger partial charge in [-0.3, -0.25) is 10.1 Å². The van der Waals surface area contributed by atoms with E-state index in [1.165, 1.54) is 6.42 Å². The van der Waals surface area contributed by atoms with Crippen LogP contribution in [0.5, 0.6) is 0 Å². The van der Waals surface area contributed by atoms with Crippen LogP contribution in [-0.4, -0.2) is 29.6 Å². The molecule has 3 heteroatoms. The lowest BCUT2D eigenvalue weighted by molar-refractivity contribution is -0.131.